The van der Waals surface area contributed by atoms with Gasteiger partial charge in [0.15, 0.2) is 6.61 Å². The maximum atomic E-state index is 11.8. The molecule has 0 saturated carbocycles. The summed E-state index contributed by atoms with van der Waals surface area (Å²) in [5.41, 5.74) is 3.49. The van der Waals surface area contributed by atoms with Crippen LogP contribution in [0.3, 0.4) is 0 Å². The van der Waals surface area contributed by atoms with Gasteiger partial charge in [-0.25, -0.2) is 5.43 Å². The van der Waals surface area contributed by atoms with Gasteiger partial charge in [-0.05, 0) is 53.2 Å². The number of hydrogen-bond acceptors (Lipinski definition) is 5. The van der Waals surface area contributed by atoms with Crippen LogP contribution in [0.1, 0.15) is 17.4 Å². The van der Waals surface area contributed by atoms with Gasteiger partial charge in [0.1, 0.15) is 11.8 Å². The predicted molar refractivity (Wildman–Crippen MR) is 96.7 cm³/mol. The summed E-state index contributed by atoms with van der Waals surface area (Å²) < 4.78 is 7.13. The molecule has 0 bridgehead atoms. The Bertz CT molecular complexity index is 796. The van der Waals surface area contributed by atoms with Gasteiger partial charge in [-0.3, -0.25) is 4.79 Å². The summed E-state index contributed by atoms with van der Waals surface area (Å²) in [5, 5.41) is 13.1. The van der Waals surface area contributed by atoms with Gasteiger partial charge in [0, 0.05) is 4.47 Å². The highest BCUT2D eigenvalue weighted by Gasteiger charge is 2.08. The Hall–Kier alpha value is -1.69. The Balaban J connectivity index is 1.92. The molecule has 0 atom stereocenters. The van der Waals surface area contributed by atoms with Gasteiger partial charge >= 0.3 is 0 Å². The Kier molecular flexibility index (Phi) is 6.33. The van der Waals surface area contributed by atoms with Crippen LogP contribution >= 0.6 is 43.2 Å². The first-order valence-electron chi connectivity index (χ1n) is 6.41. The minimum Gasteiger partial charge on any atom is -0.482 e. The van der Waals surface area contributed by atoms with Crippen molar-refractivity contribution >= 4 is 54.8 Å². The van der Waals surface area contributed by atoms with Crippen LogP contribution in [-0.2, 0) is 4.79 Å². The Morgan fingerprint density at radius 1 is 1.39 bits per heavy atom. The third-order valence-electron chi connectivity index (χ3n) is 2.70. The largest absolute Gasteiger partial charge is 0.482 e. The van der Waals surface area contributed by atoms with Crippen LogP contribution in [0.2, 0.25) is 0 Å². The van der Waals surface area contributed by atoms with Crippen molar-refractivity contribution in [1.29, 1.82) is 5.26 Å². The third-order valence-corrected chi connectivity index (χ3v) is 4.92. The molecule has 0 radical (unpaired) electrons. The molecule has 1 heterocycles. The molecule has 0 spiro atoms. The van der Waals surface area contributed by atoms with Crippen LogP contribution < -0.4 is 10.2 Å². The molecular weight excluding hydrogens is 446 g/mol. The number of ether oxygens (including phenoxy) is 1. The van der Waals surface area contributed by atoms with Gasteiger partial charge < -0.3 is 4.74 Å². The van der Waals surface area contributed by atoms with Gasteiger partial charge in [0.25, 0.3) is 5.91 Å². The van der Waals surface area contributed by atoms with E-state index in [2.05, 4.69) is 42.4 Å². The van der Waals surface area contributed by atoms with Crippen LogP contribution in [0, 0.1) is 11.3 Å². The number of thiophene rings is 1. The fourth-order valence-electron chi connectivity index (χ4n) is 1.60. The summed E-state index contributed by atoms with van der Waals surface area (Å²) in [7, 11) is 0. The Morgan fingerprint density at radius 3 is 2.83 bits per heavy atom. The zero-order valence-corrected chi connectivity index (χ0v) is 16.0. The van der Waals surface area contributed by atoms with E-state index in [1.54, 1.807) is 18.2 Å². The first-order valence-corrected chi connectivity index (χ1v) is 8.81. The van der Waals surface area contributed by atoms with E-state index in [9.17, 15) is 4.79 Å². The monoisotopic (exact) mass is 455 g/mol. The van der Waals surface area contributed by atoms with Crippen molar-refractivity contribution in [2.24, 2.45) is 5.10 Å². The van der Waals surface area contributed by atoms with Gasteiger partial charge in [0.05, 0.1) is 19.9 Å². The molecule has 0 aliphatic heterocycles. The van der Waals surface area contributed by atoms with Crippen LogP contribution in [0.25, 0.3) is 0 Å². The van der Waals surface area contributed by atoms with E-state index in [-0.39, 0.29) is 6.61 Å². The molecule has 0 saturated heterocycles. The minimum absolute atomic E-state index is 0.221. The first-order chi connectivity index (χ1) is 11.0. The number of rotatable bonds is 5. The van der Waals surface area contributed by atoms with Crippen LogP contribution in [-0.4, -0.2) is 18.2 Å². The zero-order valence-electron chi connectivity index (χ0n) is 12.0. The second-order valence-corrected chi connectivity index (χ2v) is 7.76. The molecule has 1 N–H and O–H groups in total. The standard InChI is InChI=1S/C15H11Br2N3O2S/c1-9(13-4-5-14(17)23-13)19-20-15(21)8-22-12-3-2-11(16)6-10(12)7-18/h2-6H,8H2,1H3,(H,20,21). The molecule has 1 aromatic carbocycles. The summed E-state index contributed by atoms with van der Waals surface area (Å²) in [4.78, 5) is 12.7. The lowest BCUT2D eigenvalue weighted by Gasteiger charge is -2.07. The summed E-state index contributed by atoms with van der Waals surface area (Å²) in [6, 6.07) is 10.9. The van der Waals surface area contributed by atoms with Crippen molar-refractivity contribution in [3.63, 3.8) is 0 Å². The van der Waals surface area contributed by atoms with Crippen molar-refractivity contribution in [2.75, 3.05) is 6.61 Å². The second kappa shape index (κ2) is 8.24. The van der Waals surface area contributed by atoms with E-state index >= 15 is 0 Å². The van der Waals surface area contributed by atoms with Crippen molar-refractivity contribution in [3.8, 4) is 11.8 Å². The highest BCUT2D eigenvalue weighted by atomic mass is 79.9. The summed E-state index contributed by atoms with van der Waals surface area (Å²) in [5.74, 6) is -0.0412. The number of nitrogens with zero attached hydrogens (tertiary/aromatic N) is 2. The fourth-order valence-corrected chi connectivity index (χ4v) is 3.29. The van der Waals surface area contributed by atoms with Crippen molar-refractivity contribution in [1.82, 2.24) is 5.43 Å². The molecule has 1 aromatic heterocycles. The lowest BCUT2D eigenvalue weighted by molar-refractivity contribution is -0.123. The highest BCUT2D eigenvalue weighted by molar-refractivity contribution is 9.11. The quantitative estimate of drug-likeness (QED) is 0.544. The Morgan fingerprint density at radius 2 is 2.17 bits per heavy atom. The van der Waals surface area contributed by atoms with Gasteiger partial charge in [-0.1, -0.05) is 15.9 Å². The third kappa shape index (κ3) is 5.16. The maximum Gasteiger partial charge on any atom is 0.277 e. The lowest BCUT2D eigenvalue weighted by Crippen LogP contribution is -2.25. The Labute approximate surface area is 154 Å². The summed E-state index contributed by atoms with van der Waals surface area (Å²) in [6.07, 6.45) is 0. The molecule has 23 heavy (non-hydrogen) atoms. The van der Waals surface area contributed by atoms with E-state index in [1.165, 1.54) is 11.3 Å². The molecule has 1 amide bonds. The number of carbonyl (C=O) groups is 1. The highest BCUT2D eigenvalue weighted by Crippen LogP contribution is 2.23. The van der Waals surface area contributed by atoms with Crippen molar-refractivity contribution in [3.05, 3.63) is 49.0 Å². The molecule has 118 valence electrons. The number of hydrazone groups is 1. The average molecular weight is 457 g/mol. The fraction of sp³-hybridized carbons (Fsp3) is 0.133. The summed E-state index contributed by atoms with van der Waals surface area (Å²) >= 11 is 8.18. The molecule has 8 heteroatoms. The number of carbonyl (C=O) groups excluding carboxylic acids is 1. The van der Waals surface area contributed by atoms with Crippen LogP contribution in [0.4, 0.5) is 0 Å². The van der Waals surface area contributed by atoms with Gasteiger partial charge in [0.2, 0.25) is 0 Å². The summed E-state index contributed by atoms with van der Waals surface area (Å²) in [6.45, 7) is 1.59. The topological polar surface area (TPSA) is 74.5 Å². The molecule has 0 unspecified atom stereocenters. The molecule has 0 aliphatic rings. The molecule has 0 fully saturated rings. The van der Waals surface area contributed by atoms with Crippen molar-refractivity contribution < 1.29 is 9.53 Å². The van der Waals surface area contributed by atoms with E-state index < -0.39 is 5.91 Å². The molecule has 2 rings (SSSR count). The van der Waals surface area contributed by atoms with Crippen molar-refractivity contribution in [2.45, 2.75) is 6.92 Å². The molecule has 2 aromatic rings. The van der Waals surface area contributed by atoms with E-state index in [1.807, 2.05) is 25.1 Å². The number of amides is 1. The van der Waals surface area contributed by atoms with Gasteiger partial charge in [-0.15, -0.1) is 11.3 Å². The van der Waals surface area contributed by atoms with E-state index in [0.29, 0.717) is 17.0 Å². The molecular formula is C15H11Br2N3O2S. The number of nitriles is 1. The molecule has 0 aliphatic carbocycles. The number of hydrogen-bond donors (Lipinski definition) is 1. The molecule has 5 nitrogen and oxygen atoms in total. The van der Waals surface area contributed by atoms with E-state index in [0.717, 1.165) is 13.1 Å². The maximum absolute atomic E-state index is 11.8. The SMILES string of the molecule is CC(=NNC(=O)COc1ccc(Br)cc1C#N)c1ccc(Br)s1. The number of halogens is 2. The lowest BCUT2D eigenvalue weighted by atomic mass is 10.2. The number of benzene rings is 1. The number of nitrogens with one attached hydrogen (secondary N) is 1. The second-order valence-electron chi connectivity index (χ2n) is 4.38. The van der Waals surface area contributed by atoms with Crippen LogP contribution in [0.5, 0.6) is 5.75 Å². The van der Waals surface area contributed by atoms with Gasteiger partial charge in [-0.2, -0.15) is 10.4 Å². The minimum atomic E-state index is -0.396. The van der Waals surface area contributed by atoms with E-state index in [4.69, 9.17) is 10.00 Å². The zero-order chi connectivity index (χ0) is 16.8. The van der Waals surface area contributed by atoms with Crippen LogP contribution in [0.15, 0.2) is 43.7 Å². The average Bonchev–Trinajstić information content (AvgIpc) is 2.97. The predicted octanol–water partition coefficient (Wildman–Crippen LogP) is 4.06. The normalized spacial score (nSPS) is 11.0. The first kappa shape index (κ1) is 17.7. The smallest absolute Gasteiger partial charge is 0.277 e.